The Balaban J connectivity index is 1.43. The zero-order valence-corrected chi connectivity index (χ0v) is 46.0. The van der Waals surface area contributed by atoms with Gasteiger partial charge in [-0.15, -0.1) is 0 Å². The number of ether oxygens (including phenoxy) is 4. The highest BCUT2D eigenvalue weighted by Crippen LogP contribution is 2.47. The summed E-state index contributed by atoms with van der Waals surface area (Å²) in [6, 6.07) is 28.4. The van der Waals surface area contributed by atoms with E-state index in [0.29, 0.717) is 26.4 Å². The normalized spacial score (nSPS) is 13.8. The Morgan fingerprint density at radius 1 is 0.434 bits per heavy atom. The van der Waals surface area contributed by atoms with Crippen molar-refractivity contribution >= 4 is 46.4 Å². The Bertz CT molecular complexity index is 3270. The van der Waals surface area contributed by atoms with E-state index in [1.807, 2.05) is 0 Å². The van der Waals surface area contributed by atoms with Crippen LogP contribution in [0.25, 0.3) is 85.4 Å². The van der Waals surface area contributed by atoms with Crippen LogP contribution in [0.1, 0.15) is 154 Å². The second-order valence-electron chi connectivity index (χ2n) is 19.9. The molecule has 0 radical (unpaired) electrons. The Hall–Kier alpha value is -6.96. The third kappa shape index (κ3) is 12.6. The van der Waals surface area contributed by atoms with Gasteiger partial charge in [0.25, 0.3) is 24.9 Å². The van der Waals surface area contributed by atoms with Crippen LogP contribution in [0.5, 0.6) is 0 Å². The Labute approximate surface area is 449 Å². The molecule has 7 aromatic rings. The second kappa shape index (κ2) is 25.7. The predicted octanol–water partition coefficient (Wildman–Crippen LogP) is 13.6. The number of hydrogen-bond donors (Lipinski definition) is 1. The van der Waals surface area contributed by atoms with Crippen LogP contribution in [0.2, 0.25) is 0 Å². The average Bonchev–Trinajstić information content (AvgIpc) is 4.38. The van der Waals surface area contributed by atoms with E-state index in [-0.39, 0.29) is 24.9 Å². The highest BCUT2D eigenvalue weighted by Gasteiger charge is 2.29. The van der Waals surface area contributed by atoms with E-state index >= 15 is 0 Å². The van der Waals surface area contributed by atoms with E-state index in [9.17, 15) is 0 Å². The van der Waals surface area contributed by atoms with Gasteiger partial charge in [0.15, 0.2) is 49.6 Å². The van der Waals surface area contributed by atoms with Crippen LogP contribution in [0.4, 0.5) is 0 Å². The molecule has 0 fully saturated rings. The van der Waals surface area contributed by atoms with Gasteiger partial charge in [-0.25, -0.2) is 9.97 Å². The van der Waals surface area contributed by atoms with Crippen molar-refractivity contribution in [2.24, 2.45) is 0 Å². The largest absolute Gasteiger partial charge is 0.355 e. The van der Waals surface area contributed by atoms with E-state index in [2.05, 4.69) is 236 Å². The molecule has 0 spiro atoms. The fourth-order valence-electron chi connectivity index (χ4n) is 9.72. The van der Waals surface area contributed by atoms with Crippen LogP contribution in [-0.4, -0.2) is 45.9 Å². The molecule has 2 aliphatic rings. The smallest absolute Gasteiger partial charge is 0.259 e. The summed E-state index contributed by atoms with van der Waals surface area (Å²) in [5, 5.41) is 0. The fourth-order valence-corrected chi connectivity index (χ4v) is 9.72. The maximum absolute atomic E-state index is 6.34. The van der Waals surface area contributed by atoms with Gasteiger partial charge in [0, 0.05) is 104 Å². The van der Waals surface area contributed by atoms with Crippen LogP contribution in [0.3, 0.4) is 0 Å². The van der Waals surface area contributed by atoms with Crippen LogP contribution < -0.4 is 18.3 Å². The lowest BCUT2D eigenvalue weighted by Gasteiger charge is -2.14. The number of unbranched alkanes of at least 4 members (excludes halogenated alkanes) is 4. The van der Waals surface area contributed by atoms with Gasteiger partial charge in [0.1, 0.15) is 0 Å². The number of rotatable bonds is 24. The minimum atomic E-state index is -0.151. The molecule has 12 nitrogen and oxygen atoms in total. The second-order valence-corrected chi connectivity index (χ2v) is 19.9. The number of nitrogens with zero attached hydrogens (tertiary/aromatic N) is 7. The van der Waals surface area contributed by atoms with Crippen molar-refractivity contribution in [2.45, 2.75) is 132 Å². The Morgan fingerprint density at radius 2 is 0.803 bits per heavy atom. The molecule has 4 atom stereocenters. The van der Waals surface area contributed by atoms with Gasteiger partial charge < -0.3 is 28.5 Å². The topological polar surface area (TPSA) is 98.9 Å². The van der Waals surface area contributed by atoms with Crippen molar-refractivity contribution in [3.63, 3.8) is 0 Å². The van der Waals surface area contributed by atoms with E-state index in [4.69, 9.17) is 28.9 Å². The number of nitrogens with one attached hydrogen (secondary N) is 1. The molecule has 8 bridgehead atoms. The van der Waals surface area contributed by atoms with Gasteiger partial charge in [-0.05, 0) is 97.0 Å². The molecule has 394 valence electrons. The fraction of sp³-hybridized carbons (Fsp3) is 0.375. The molecular weight excluding hydrogens is 945 g/mol. The maximum Gasteiger partial charge on any atom is 0.259 e. The SMILES string of the molecule is CCCCOC(C)[n+]1ccc(-c2c(-c3cc[n+](C(C)OCCCC)cc3)c3c(-c4cc[n+](C(C)OCCCC)cc4)c4nc(cc5ccc(cc6nc(cc2n3-c2cc[n+](C(C)OCCCC)cc2)C=C6)[nH]5)C=C4)cc1. The highest BCUT2D eigenvalue weighted by atomic mass is 16.5. The summed E-state index contributed by atoms with van der Waals surface area (Å²) >= 11 is 0. The number of aromatic amines is 1. The molecule has 12 heteroatoms. The van der Waals surface area contributed by atoms with Gasteiger partial charge >= 0.3 is 0 Å². The lowest BCUT2D eigenvalue weighted by Crippen LogP contribution is -2.38. The standard InChI is InChI=1S/C64H77N8O4/c1-9-13-39-73-46(5)68-31-23-50(24-32-68)61-59-22-21-56(67-59)44-55-18-17-53(65-55)43-54-19-20-57(66-54)45-60-62(51-25-33-69(34-26-51)47(6)74-40-14-10-2)63(52-27-35-70(36-28-52)48(7)75-41-15-11-3)64(61)72(60)58-29-37-71(38-30-58)49(8)76-42-16-12-4/h17-38,43-49H,9-16,39-42H2,1-8H3/q+3/p+1. The first-order chi connectivity index (χ1) is 37.2. The Morgan fingerprint density at radius 3 is 1.24 bits per heavy atom. The zero-order chi connectivity index (χ0) is 53.0. The van der Waals surface area contributed by atoms with Crippen LogP contribution >= 0.6 is 0 Å². The molecule has 0 saturated heterocycles. The lowest BCUT2D eigenvalue weighted by atomic mass is 9.94. The van der Waals surface area contributed by atoms with Gasteiger partial charge in [0.2, 0.25) is 0 Å². The third-order valence-electron chi connectivity index (χ3n) is 14.3. The molecule has 76 heavy (non-hydrogen) atoms. The van der Waals surface area contributed by atoms with E-state index in [1.165, 1.54) is 0 Å². The van der Waals surface area contributed by atoms with Crippen LogP contribution in [0.15, 0.2) is 128 Å². The molecule has 0 amide bonds. The molecular formula is C64H78N8O4+4. The van der Waals surface area contributed by atoms with E-state index in [0.717, 1.165) is 135 Å². The number of pyridine rings is 4. The third-order valence-corrected chi connectivity index (χ3v) is 14.3. The molecule has 9 rings (SSSR count). The van der Waals surface area contributed by atoms with Gasteiger partial charge in [-0.3, -0.25) is 0 Å². The molecule has 9 heterocycles. The number of hydrogen-bond acceptors (Lipinski definition) is 6. The average molecular weight is 1020 g/mol. The van der Waals surface area contributed by atoms with Gasteiger partial charge in [0.05, 0.1) is 65.9 Å². The summed E-state index contributed by atoms with van der Waals surface area (Å²) in [6.07, 6.45) is 33.4. The first kappa shape index (κ1) is 53.9. The summed E-state index contributed by atoms with van der Waals surface area (Å²) in [4.78, 5) is 14.4. The summed E-state index contributed by atoms with van der Waals surface area (Å²) < 4.78 is 36.3. The van der Waals surface area contributed by atoms with E-state index < -0.39 is 0 Å². The Kier molecular flexibility index (Phi) is 18.2. The molecule has 0 saturated carbocycles. The molecule has 4 unspecified atom stereocenters. The van der Waals surface area contributed by atoms with Crippen LogP contribution in [-0.2, 0) is 18.9 Å². The van der Waals surface area contributed by atoms with E-state index in [1.54, 1.807) is 0 Å². The van der Waals surface area contributed by atoms with Gasteiger partial charge in [-0.1, -0.05) is 53.4 Å². The van der Waals surface area contributed by atoms with Gasteiger partial charge in [-0.2, -0.15) is 18.3 Å². The number of aromatic nitrogens is 8. The highest BCUT2D eigenvalue weighted by molar-refractivity contribution is 6.10. The minimum Gasteiger partial charge on any atom is -0.355 e. The summed E-state index contributed by atoms with van der Waals surface area (Å²) in [6.45, 7) is 20.0. The summed E-state index contributed by atoms with van der Waals surface area (Å²) in [7, 11) is 0. The summed E-state index contributed by atoms with van der Waals surface area (Å²) in [5.41, 5.74) is 14.3. The first-order valence-corrected chi connectivity index (χ1v) is 27.8. The predicted molar refractivity (Wildman–Crippen MR) is 303 cm³/mol. The monoisotopic (exact) mass is 1020 g/mol. The van der Waals surface area contributed by atoms with Crippen molar-refractivity contribution in [1.82, 2.24) is 19.5 Å². The van der Waals surface area contributed by atoms with Crippen molar-refractivity contribution < 1.29 is 37.2 Å². The van der Waals surface area contributed by atoms with Crippen LogP contribution in [0, 0.1) is 0 Å². The number of fused-ring (bicyclic) bond motifs is 8. The lowest BCUT2D eigenvalue weighted by molar-refractivity contribution is -0.759. The summed E-state index contributed by atoms with van der Waals surface area (Å²) in [5.74, 6) is 0. The molecule has 7 aromatic heterocycles. The quantitative estimate of drug-likeness (QED) is 0.0478. The zero-order valence-electron chi connectivity index (χ0n) is 46.0. The van der Waals surface area contributed by atoms with Crippen molar-refractivity contribution in [1.29, 1.82) is 0 Å². The molecule has 0 aliphatic carbocycles. The molecule has 0 aromatic carbocycles. The van der Waals surface area contributed by atoms with Crippen molar-refractivity contribution in [3.8, 4) is 39.1 Å². The number of H-pyrrole nitrogens is 1. The molecule has 1 N–H and O–H groups in total. The molecule has 2 aliphatic heterocycles. The van der Waals surface area contributed by atoms with Crippen molar-refractivity contribution in [2.75, 3.05) is 26.4 Å². The maximum atomic E-state index is 6.34. The first-order valence-electron chi connectivity index (χ1n) is 27.8. The van der Waals surface area contributed by atoms with Crippen molar-refractivity contribution in [3.05, 3.63) is 151 Å². The minimum absolute atomic E-state index is 0.141.